The molecule has 0 spiro atoms. The largest absolute Gasteiger partial charge is 0.350 e. The van der Waals surface area contributed by atoms with Gasteiger partial charge in [-0.25, -0.2) is 0 Å². The van der Waals surface area contributed by atoms with Gasteiger partial charge in [-0.15, -0.1) is 11.8 Å². The highest BCUT2D eigenvalue weighted by Gasteiger charge is 2.32. The van der Waals surface area contributed by atoms with Crippen molar-refractivity contribution in [3.8, 4) is 0 Å². The van der Waals surface area contributed by atoms with Crippen molar-refractivity contribution in [2.75, 3.05) is 5.75 Å². The topological polar surface area (TPSA) is 49.4 Å². The monoisotopic (exact) mass is 516 g/mol. The van der Waals surface area contributed by atoms with E-state index >= 15 is 0 Å². The Morgan fingerprint density at radius 3 is 2.11 bits per heavy atom. The summed E-state index contributed by atoms with van der Waals surface area (Å²) in [6.45, 7) is 12.5. The number of hydrogen-bond donors (Lipinski definition) is 1. The Labute approximate surface area is 226 Å². The maximum Gasteiger partial charge on any atom is 0.243 e. The molecular formula is C32H40N2O2S. The Hall–Kier alpha value is -3.05. The van der Waals surface area contributed by atoms with Crippen LogP contribution >= 0.6 is 11.8 Å². The number of amides is 2. The van der Waals surface area contributed by atoms with Crippen LogP contribution in [0, 0.1) is 20.8 Å². The first-order chi connectivity index (χ1) is 17.5. The van der Waals surface area contributed by atoms with Crippen LogP contribution in [0.15, 0.2) is 72.8 Å². The standard InChI is InChI=1S/C32H40N2O2S/c1-23-16-24(2)18-27(17-23)21-37-22-30(35)34(20-28-15-11-10-12-25(28)3)29(31(36)33-32(4,5)6)19-26-13-8-7-9-14-26/h7-18,29H,19-22H2,1-6H3,(H,33,36). The highest BCUT2D eigenvalue weighted by Crippen LogP contribution is 2.21. The average molecular weight is 517 g/mol. The zero-order valence-corrected chi connectivity index (χ0v) is 23.8. The molecule has 3 aromatic rings. The van der Waals surface area contributed by atoms with Gasteiger partial charge >= 0.3 is 0 Å². The van der Waals surface area contributed by atoms with Gasteiger partial charge < -0.3 is 10.2 Å². The maximum atomic E-state index is 13.8. The molecule has 3 aromatic carbocycles. The van der Waals surface area contributed by atoms with Crippen LogP contribution in [0.2, 0.25) is 0 Å². The van der Waals surface area contributed by atoms with Gasteiger partial charge in [-0.05, 0) is 63.8 Å². The molecule has 2 amide bonds. The van der Waals surface area contributed by atoms with E-state index in [-0.39, 0.29) is 11.8 Å². The lowest BCUT2D eigenvalue weighted by Crippen LogP contribution is -2.54. The molecule has 0 saturated heterocycles. The molecule has 0 heterocycles. The van der Waals surface area contributed by atoms with Gasteiger partial charge in [0.1, 0.15) is 6.04 Å². The summed E-state index contributed by atoms with van der Waals surface area (Å²) in [7, 11) is 0. The Bertz CT molecular complexity index is 1180. The van der Waals surface area contributed by atoms with Crippen molar-refractivity contribution in [3.05, 3.63) is 106 Å². The van der Waals surface area contributed by atoms with Crippen LogP contribution in [0.25, 0.3) is 0 Å². The third kappa shape index (κ3) is 9.08. The minimum Gasteiger partial charge on any atom is -0.350 e. The summed E-state index contributed by atoms with van der Waals surface area (Å²) in [6.07, 6.45) is 0.460. The number of carbonyl (C=O) groups excluding carboxylic acids is 2. The van der Waals surface area contributed by atoms with Crippen molar-refractivity contribution in [1.82, 2.24) is 10.2 Å². The van der Waals surface area contributed by atoms with Gasteiger partial charge in [-0.1, -0.05) is 83.9 Å². The number of nitrogens with zero attached hydrogens (tertiary/aromatic N) is 1. The number of hydrogen-bond acceptors (Lipinski definition) is 3. The lowest BCUT2D eigenvalue weighted by molar-refractivity contribution is -0.140. The molecular weight excluding hydrogens is 476 g/mol. The van der Waals surface area contributed by atoms with E-state index in [1.807, 2.05) is 82.3 Å². The van der Waals surface area contributed by atoms with E-state index in [0.717, 1.165) is 22.4 Å². The lowest BCUT2D eigenvalue weighted by atomic mass is 10.00. The maximum absolute atomic E-state index is 13.8. The number of benzene rings is 3. The van der Waals surface area contributed by atoms with Crippen molar-refractivity contribution in [2.24, 2.45) is 0 Å². The highest BCUT2D eigenvalue weighted by molar-refractivity contribution is 7.99. The second kappa shape index (κ2) is 13.0. The van der Waals surface area contributed by atoms with E-state index in [2.05, 4.69) is 37.4 Å². The Balaban J connectivity index is 1.88. The molecule has 0 saturated carbocycles. The van der Waals surface area contributed by atoms with Crippen molar-refractivity contribution in [2.45, 2.75) is 71.8 Å². The first-order valence-electron chi connectivity index (χ1n) is 12.9. The molecule has 0 aliphatic carbocycles. The van der Waals surface area contributed by atoms with Crippen LogP contribution in [0.3, 0.4) is 0 Å². The summed E-state index contributed by atoms with van der Waals surface area (Å²) < 4.78 is 0. The Kier molecular flexibility index (Phi) is 9.99. The minimum atomic E-state index is -0.615. The summed E-state index contributed by atoms with van der Waals surface area (Å²) in [5, 5.41) is 3.13. The molecule has 1 N–H and O–H groups in total. The van der Waals surface area contributed by atoms with E-state index < -0.39 is 11.6 Å². The molecule has 0 fully saturated rings. The SMILES string of the molecule is Cc1cc(C)cc(CSCC(=O)N(Cc2ccccc2C)C(Cc2ccccc2)C(=O)NC(C)(C)C)c1. The fourth-order valence-corrected chi connectivity index (χ4v) is 5.31. The number of thioether (sulfide) groups is 1. The van der Waals surface area contributed by atoms with E-state index in [9.17, 15) is 9.59 Å². The molecule has 4 nitrogen and oxygen atoms in total. The molecule has 0 aliphatic heterocycles. The third-order valence-corrected chi connectivity index (χ3v) is 7.14. The number of rotatable bonds is 10. The fourth-order valence-electron chi connectivity index (χ4n) is 4.47. The molecule has 37 heavy (non-hydrogen) atoms. The smallest absolute Gasteiger partial charge is 0.243 e. The van der Waals surface area contributed by atoms with Gasteiger partial charge in [0.2, 0.25) is 11.8 Å². The minimum absolute atomic E-state index is 0.0254. The lowest BCUT2D eigenvalue weighted by Gasteiger charge is -2.34. The zero-order chi connectivity index (χ0) is 27.0. The summed E-state index contributed by atoms with van der Waals surface area (Å²) in [6, 6.07) is 23.9. The summed E-state index contributed by atoms with van der Waals surface area (Å²) in [5.41, 5.74) is 6.46. The third-order valence-electron chi connectivity index (χ3n) is 6.15. The molecule has 196 valence electrons. The van der Waals surface area contributed by atoms with E-state index in [0.29, 0.717) is 18.7 Å². The molecule has 1 unspecified atom stereocenters. The van der Waals surface area contributed by atoms with Crippen LogP contribution in [-0.4, -0.2) is 34.0 Å². The Morgan fingerprint density at radius 1 is 0.865 bits per heavy atom. The fraction of sp³-hybridized carbons (Fsp3) is 0.375. The molecule has 5 heteroatoms. The molecule has 3 rings (SSSR count). The molecule has 0 bridgehead atoms. The van der Waals surface area contributed by atoms with Gasteiger partial charge in [0.05, 0.1) is 5.75 Å². The molecule has 0 aliphatic rings. The summed E-state index contributed by atoms with van der Waals surface area (Å²) >= 11 is 1.60. The van der Waals surface area contributed by atoms with Crippen LogP contribution < -0.4 is 5.32 Å². The summed E-state index contributed by atoms with van der Waals surface area (Å²) in [4.78, 5) is 29.2. The second-order valence-corrected chi connectivity index (χ2v) is 11.9. The van der Waals surface area contributed by atoms with Gasteiger partial charge in [0, 0.05) is 24.3 Å². The molecule has 1 atom stereocenters. The van der Waals surface area contributed by atoms with Gasteiger partial charge in [0.15, 0.2) is 0 Å². The van der Waals surface area contributed by atoms with Crippen LogP contribution in [-0.2, 0) is 28.3 Å². The predicted molar refractivity (Wildman–Crippen MR) is 156 cm³/mol. The van der Waals surface area contributed by atoms with Crippen LogP contribution in [0.5, 0.6) is 0 Å². The first kappa shape index (κ1) is 28.5. The molecule has 0 radical (unpaired) electrons. The quantitative estimate of drug-likeness (QED) is 0.339. The van der Waals surface area contributed by atoms with Crippen LogP contribution in [0.4, 0.5) is 0 Å². The van der Waals surface area contributed by atoms with Gasteiger partial charge in [-0.3, -0.25) is 9.59 Å². The van der Waals surface area contributed by atoms with Crippen molar-refractivity contribution < 1.29 is 9.59 Å². The predicted octanol–water partition coefficient (Wildman–Crippen LogP) is 6.40. The van der Waals surface area contributed by atoms with Crippen molar-refractivity contribution in [3.63, 3.8) is 0 Å². The van der Waals surface area contributed by atoms with Crippen LogP contribution in [0.1, 0.15) is 54.2 Å². The average Bonchev–Trinajstić information content (AvgIpc) is 2.81. The zero-order valence-electron chi connectivity index (χ0n) is 23.0. The van der Waals surface area contributed by atoms with Crippen molar-refractivity contribution in [1.29, 1.82) is 0 Å². The second-order valence-electron chi connectivity index (χ2n) is 10.9. The Morgan fingerprint density at radius 2 is 1.49 bits per heavy atom. The van der Waals surface area contributed by atoms with Crippen molar-refractivity contribution >= 4 is 23.6 Å². The van der Waals surface area contributed by atoms with Gasteiger partial charge in [0.25, 0.3) is 0 Å². The first-order valence-corrected chi connectivity index (χ1v) is 14.0. The highest BCUT2D eigenvalue weighted by atomic mass is 32.2. The number of nitrogens with one attached hydrogen (secondary N) is 1. The summed E-state index contributed by atoms with van der Waals surface area (Å²) in [5.74, 6) is 0.914. The van der Waals surface area contributed by atoms with E-state index in [4.69, 9.17) is 0 Å². The number of carbonyl (C=O) groups is 2. The van der Waals surface area contributed by atoms with E-state index in [1.54, 1.807) is 16.7 Å². The molecule has 0 aromatic heterocycles. The van der Waals surface area contributed by atoms with Gasteiger partial charge in [-0.2, -0.15) is 0 Å². The normalized spacial score (nSPS) is 12.2. The number of aryl methyl sites for hydroxylation is 3. The van der Waals surface area contributed by atoms with E-state index in [1.165, 1.54) is 16.7 Å².